The molecule has 26 heavy (non-hydrogen) atoms. The van der Waals surface area contributed by atoms with Crippen LogP contribution >= 0.6 is 0 Å². The number of nitrogens with zero attached hydrogens (tertiary/aromatic N) is 2. The van der Waals surface area contributed by atoms with Crippen LogP contribution in [0.5, 0.6) is 0 Å². The molecule has 4 heteroatoms. The van der Waals surface area contributed by atoms with Crippen LogP contribution in [0, 0.1) is 0 Å². The van der Waals surface area contributed by atoms with Crippen molar-refractivity contribution in [3.8, 4) is 0 Å². The van der Waals surface area contributed by atoms with Crippen molar-refractivity contribution in [3.05, 3.63) is 71.8 Å². The summed E-state index contributed by atoms with van der Waals surface area (Å²) in [6, 6.07) is 17.5. The molecule has 0 spiro atoms. The summed E-state index contributed by atoms with van der Waals surface area (Å²) in [5.41, 5.74) is 2.59. The maximum absolute atomic E-state index is 12.9. The van der Waals surface area contributed by atoms with Gasteiger partial charge in [-0.15, -0.1) is 0 Å². The Hall–Kier alpha value is -2.88. The molecule has 2 aromatic rings. The second-order valence-corrected chi connectivity index (χ2v) is 6.60. The molecule has 0 saturated carbocycles. The Kier molecular flexibility index (Phi) is 5.52. The number of hydrogen-bond donors (Lipinski definition) is 0. The quantitative estimate of drug-likeness (QED) is 0.838. The SMILES string of the molecule is CC(=O)N(C)c1ccc(C(=O)N2CCCC2C=Cc2ccccc2)cc1. The predicted molar refractivity (Wildman–Crippen MR) is 105 cm³/mol. The van der Waals surface area contributed by atoms with Crippen molar-refractivity contribution in [2.45, 2.75) is 25.8 Å². The van der Waals surface area contributed by atoms with Gasteiger partial charge in [-0.05, 0) is 42.7 Å². The van der Waals surface area contributed by atoms with Gasteiger partial charge < -0.3 is 9.80 Å². The molecule has 1 aliphatic rings. The van der Waals surface area contributed by atoms with Gasteiger partial charge in [0.25, 0.3) is 5.91 Å². The fourth-order valence-corrected chi connectivity index (χ4v) is 3.21. The highest BCUT2D eigenvalue weighted by atomic mass is 16.2. The number of hydrogen-bond acceptors (Lipinski definition) is 2. The molecule has 1 saturated heterocycles. The van der Waals surface area contributed by atoms with Crippen LogP contribution in [0.3, 0.4) is 0 Å². The molecule has 1 fully saturated rings. The van der Waals surface area contributed by atoms with Gasteiger partial charge >= 0.3 is 0 Å². The van der Waals surface area contributed by atoms with E-state index in [-0.39, 0.29) is 17.9 Å². The van der Waals surface area contributed by atoms with Crippen molar-refractivity contribution >= 4 is 23.6 Å². The van der Waals surface area contributed by atoms with Gasteiger partial charge in [0.05, 0.1) is 6.04 Å². The van der Waals surface area contributed by atoms with Gasteiger partial charge in [-0.3, -0.25) is 9.59 Å². The molecular weight excluding hydrogens is 324 g/mol. The molecule has 2 aromatic carbocycles. The average molecular weight is 348 g/mol. The molecule has 0 bridgehead atoms. The van der Waals surface area contributed by atoms with E-state index in [9.17, 15) is 9.59 Å². The second-order valence-electron chi connectivity index (χ2n) is 6.60. The van der Waals surface area contributed by atoms with Gasteiger partial charge in [0.2, 0.25) is 5.91 Å². The van der Waals surface area contributed by atoms with E-state index in [0.29, 0.717) is 5.56 Å². The normalized spacial score (nSPS) is 16.8. The number of likely N-dealkylation sites (tertiary alicyclic amines) is 1. The number of benzene rings is 2. The minimum atomic E-state index is -0.0327. The van der Waals surface area contributed by atoms with Crippen molar-refractivity contribution in [3.63, 3.8) is 0 Å². The topological polar surface area (TPSA) is 40.6 Å². The lowest BCUT2D eigenvalue weighted by molar-refractivity contribution is -0.116. The van der Waals surface area contributed by atoms with Gasteiger partial charge in [0, 0.05) is 31.8 Å². The van der Waals surface area contributed by atoms with E-state index in [1.165, 1.54) is 6.92 Å². The third kappa shape index (κ3) is 4.02. The van der Waals surface area contributed by atoms with Crippen LogP contribution in [0.1, 0.15) is 35.7 Å². The van der Waals surface area contributed by atoms with Crippen LogP contribution in [0.25, 0.3) is 6.08 Å². The van der Waals surface area contributed by atoms with E-state index >= 15 is 0 Å². The Bertz CT molecular complexity index is 797. The van der Waals surface area contributed by atoms with Gasteiger partial charge in [-0.1, -0.05) is 42.5 Å². The van der Waals surface area contributed by atoms with Gasteiger partial charge in [-0.2, -0.15) is 0 Å². The molecule has 0 aromatic heterocycles. The zero-order valence-electron chi connectivity index (χ0n) is 15.3. The highest BCUT2D eigenvalue weighted by Gasteiger charge is 2.27. The summed E-state index contributed by atoms with van der Waals surface area (Å²) in [5, 5.41) is 0. The molecule has 4 nitrogen and oxygen atoms in total. The Balaban J connectivity index is 1.72. The molecule has 2 amide bonds. The van der Waals surface area contributed by atoms with Crippen molar-refractivity contribution in [1.82, 2.24) is 4.90 Å². The van der Waals surface area contributed by atoms with Crippen molar-refractivity contribution < 1.29 is 9.59 Å². The summed E-state index contributed by atoms with van der Waals surface area (Å²) in [6.45, 7) is 2.30. The van der Waals surface area contributed by atoms with Crippen LogP contribution < -0.4 is 4.90 Å². The third-order valence-electron chi connectivity index (χ3n) is 4.84. The van der Waals surface area contributed by atoms with E-state index in [1.54, 1.807) is 24.1 Å². The van der Waals surface area contributed by atoms with E-state index in [1.807, 2.05) is 35.2 Å². The smallest absolute Gasteiger partial charge is 0.254 e. The standard InChI is InChI=1S/C22H24N2O2/c1-17(25)23(2)20-14-11-19(12-15-20)22(26)24-16-6-9-21(24)13-10-18-7-4-3-5-8-18/h3-5,7-8,10-15,21H,6,9,16H2,1-2H3. The predicted octanol–water partition coefficient (Wildman–Crippen LogP) is 3.99. The molecule has 1 unspecified atom stereocenters. The fourth-order valence-electron chi connectivity index (χ4n) is 3.21. The van der Waals surface area contributed by atoms with Crippen molar-refractivity contribution in [1.29, 1.82) is 0 Å². The zero-order chi connectivity index (χ0) is 18.5. The Labute approximate surface area is 154 Å². The molecule has 134 valence electrons. The first-order valence-electron chi connectivity index (χ1n) is 8.95. The minimum Gasteiger partial charge on any atom is -0.332 e. The maximum atomic E-state index is 12.9. The van der Waals surface area contributed by atoms with Crippen LogP contribution in [0.2, 0.25) is 0 Å². The number of carbonyl (C=O) groups excluding carboxylic acids is 2. The minimum absolute atomic E-state index is 0.0327. The summed E-state index contributed by atoms with van der Waals surface area (Å²) in [7, 11) is 1.73. The first-order chi connectivity index (χ1) is 12.6. The molecular formula is C22H24N2O2. The molecule has 0 aliphatic carbocycles. The first-order valence-corrected chi connectivity index (χ1v) is 8.95. The summed E-state index contributed by atoms with van der Waals surface area (Å²) in [6.07, 6.45) is 6.21. The molecule has 1 atom stereocenters. The molecule has 1 aliphatic heterocycles. The average Bonchev–Trinajstić information content (AvgIpc) is 3.14. The molecule has 1 heterocycles. The number of amides is 2. The van der Waals surface area contributed by atoms with E-state index in [0.717, 1.165) is 30.6 Å². The Morgan fingerprint density at radius 3 is 2.42 bits per heavy atom. The van der Waals surface area contributed by atoms with Crippen LogP contribution in [-0.4, -0.2) is 36.3 Å². The van der Waals surface area contributed by atoms with E-state index in [2.05, 4.69) is 24.3 Å². The number of anilines is 1. The third-order valence-corrected chi connectivity index (χ3v) is 4.84. The molecule has 3 rings (SSSR count). The highest BCUT2D eigenvalue weighted by molar-refractivity contribution is 5.96. The van der Waals surface area contributed by atoms with E-state index in [4.69, 9.17) is 0 Å². The molecule has 0 radical (unpaired) electrons. The summed E-state index contributed by atoms with van der Waals surface area (Å²) in [4.78, 5) is 27.8. The van der Waals surface area contributed by atoms with Crippen LogP contribution in [0.15, 0.2) is 60.7 Å². The summed E-state index contributed by atoms with van der Waals surface area (Å²) >= 11 is 0. The highest BCUT2D eigenvalue weighted by Crippen LogP contribution is 2.23. The van der Waals surface area contributed by atoms with Crippen molar-refractivity contribution in [2.75, 3.05) is 18.5 Å². The zero-order valence-corrected chi connectivity index (χ0v) is 15.3. The Morgan fingerprint density at radius 1 is 1.08 bits per heavy atom. The van der Waals surface area contributed by atoms with Crippen molar-refractivity contribution in [2.24, 2.45) is 0 Å². The van der Waals surface area contributed by atoms with Gasteiger partial charge in [-0.25, -0.2) is 0 Å². The second kappa shape index (κ2) is 8.00. The Morgan fingerprint density at radius 2 is 1.77 bits per heavy atom. The lowest BCUT2D eigenvalue weighted by Crippen LogP contribution is -2.34. The van der Waals surface area contributed by atoms with Gasteiger partial charge in [0.15, 0.2) is 0 Å². The monoisotopic (exact) mass is 348 g/mol. The van der Waals surface area contributed by atoms with Crippen LogP contribution in [-0.2, 0) is 4.79 Å². The van der Waals surface area contributed by atoms with Gasteiger partial charge in [0.1, 0.15) is 0 Å². The largest absolute Gasteiger partial charge is 0.332 e. The maximum Gasteiger partial charge on any atom is 0.254 e. The number of rotatable bonds is 4. The first kappa shape index (κ1) is 17.9. The molecule has 0 N–H and O–H groups in total. The van der Waals surface area contributed by atoms with Crippen LogP contribution in [0.4, 0.5) is 5.69 Å². The lowest BCUT2D eigenvalue weighted by Gasteiger charge is -2.23. The summed E-state index contributed by atoms with van der Waals surface area (Å²) in [5.74, 6) is 0.0111. The lowest BCUT2D eigenvalue weighted by atomic mass is 10.1. The fraction of sp³-hybridized carbons (Fsp3) is 0.273. The number of carbonyl (C=O) groups is 2. The summed E-state index contributed by atoms with van der Waals surface area (Å²) < 4.78 is 0. The van der Waals surface area contributed by atoms with E-state index < -0.39 is 0 Å².